The lowest BCUT2D eigenvalue weighted by Crippen LogP contribution is -2.32. The molecule has 2 N–H and O–H groups in total. The van der Waals surface area contributed by atoms with Crippen LogP contribution in [-0.2, 0) is 4.79 Å². The molecule has 0 radical (unpaired) electrons. The first-order valence-corrected chi connectivity index (χ1v) is 5.24. The van der Waals surface area contributed by atoms with Gasteiger partial charge in [-0.25, -0.2) is 13.2 Å². The van der Waals surface area contributed by atoms with Gasteiger partial charge in [-0.1, -0.05) is 0 Å². The highest BCUT2D eigenvalue weighted by Gasteiger charge is 2.21. The second-order valence-electron chi connectivity index (χ2n) is 3.91. The van der Waals surface area contributed by atoms with E-state index in [2.05, 4.69) is 10.6 Å². The maximum atomic E-state index is 13.2. The van der Waals surface area contributed by atoms with Crippen LogP contribution < -0.4 is 10.6 Å². The third kappa shape index (κ3) is 2.51. The topological polar surface area (TPSA) is 41.1 Å². The van der Waals surface area contributed by atoms with Gasteiger partial charge in [-0.2, -0.15) is 0 Å². The summed E-state index contributed by atoms with van der Waals surface area (Å²) in [6.07, 6.45) is 1.09. The number of hydrogen-bond donors (Lipinski definition) is 2. The number of rotatable bonds is 3. The number of carbonyl (C=O) groups is 1. The molecule has 6 heteroatoms. The van der Waals surface area contributed by atoms with Gasteiger partial charge >= 0.3 is 0 Å². The van der Waals surface area contributed by atoms with Crippen LogP contribution in [-0.4, -0.2) is 18.5 Å². The van der Waals surface area contributed by atoms with E-state index in [4.69, 9.17) is 0 Å². The first-order valence-electron chi connectivity index (χ1n) is 5.24. The Labute approximate surface area is 96.0 Å². The van der Waals surface area contributed by atoms with Crippen molar-refractivity contribution in [1.82, 2.24) is 5.32 Å². The number of hydrogen-bond acceptors (Lipinski definition) is 2. The van der Waals surface area contributed by atoms with E-state index in [0.717, 1.165) is 12.1 Å². The lowest BCUT2D eigenvalue weighted by Gasteiger charge is -2.13. The van der Waals surface area contributed by atoms with Crippen molar-refractivity contribution in [3.8, 4) is 0 Å². The zero-order chi connectivity index (χ0) is 12.4. The summed E-state index contributed by atoms with van der Waals surface area (Å²) in [6.45, 7) is 0.285. The van der Waals surface area contributed by atoms with Gasteiger partial charge in [0, 0.05) is 19.0 Å². The fourth-order valence-electron chi connectivity index (χ4n) is 1.73. The number of benzene rings is 1. The van der Waals surface area contributed by atoms with Crippen LogP contribution >= 0.6 is 0 Å². The van der Waals surface area contributed by atoms with Crippen LogP contribution in [0, 0.1) is 17.5 Å². The lowest BCUT2D eigenvalue weighted by molar-refractivity contribution is -0.119. The molecule has 0 saturated carbocycles. The normalized spacial score (nSPS) is 19.2. The van der Waals surface area contributed by atoms with Gasteiger partial charge in [-0.3, -0.25) is 4.79 Å². The molecule has 1 aliphatic heterocycles. The molecule has 0 bridgehead atoms. The van der Waals surface area contributed by atoms with Gasteiger partial charge in [-0.05, 0) is 18.6 Å². The van der Waals surface area contributed by atoms with Gasteiger partial charge in [0.1, 0.15) is 0 Å². The smallest absolute Gasteiger partial charge is 0.220 e. The van der Waals surface area contributed by atoms with Crippen molar-refractivity contribution >= 4 is 11.6 Å². The van der Waals surface area contributed by atoms with Gasteiger partial charge in [0.15, 0.2) is 17.5 Å². The van der Waals surface area contributed by atoms with Crippen LogP contribution in [0.3, 0.4) is 0 Å². The van der Waals surface area contributed by atoms with Crippen molar-refractivity contribution in [2.75, 3.05) is 11.9 Å². The highest BCUT2D eigenvalue weighted by molar-refractivity contribution is 5.78. The monoisotopic (exact) mass is 244 g/mol. The Bertz CT molecular complexity index is 451. The summed E-state index contributed by atoms with van der Waals surface area (Å²) >= 11 is 0. The first-order chi connectivity index (χ1) is 8.08. The average Bonchev–Trinajstić information content (AvgIpc) is 2.71. The first kappa shape index (κ1) is 11.8. The van der Waals surface area contributed by atoms with E-state index in [-0.39, 0.29) is 24.2 Å². The van der Waals surface area contributed by atoms with Crippen LogP contribution in [0.5, 0.6) is 0 Å². The maximum absolute atomic E-state index is 13.2. The summed E-state index contributed by atoms with van der Waals surface area (Å²) in [4.78, 5) is 10.9. The Balaban J connectivity index is 2.00. The van der Waals surface area contributed by atoms with Crippen LogP contribution in [0.15, 0.2) is 12.1 Å². The Kier molecular flexibility index (Phi) is 3.21. The van der Waals surface area contributed by atoms with Crippen LogP contribution in [0.25, 0.3) is 0 Å². The predicted octanol–water partition coefficient (Wildman–Crippen LogP) is 1.79. The van der Waals surface area contributed by atoms with Gasteiger partial charge in [0.2, 0.25) is 5.91 Å². The van der Waals surface area contributed by atoms with Crippen molar-refractivity contribution in [3.05, 3.63) is 29.6 Å². The van der Waals surface area contributed by atoms with Crippen LogP contribution in [0.2, 0.25) is 0 Å². The van der Waals surface area contributed by atoms with E-state index in [9.17, 15) is 18.0 Å². The molecule has 1 aromatic carbocycles. The molecule has 1 amide bonds. The molecule has 3 nitrogen and oxygen atoms in total. The van der Waals surface area contributed by atoms with Crippen molar-refractivity contribution in [3.63, 3.8) is 0 Å². The minimum absolute atomic E-state index is 0.0532. The molecule has 0 aromatic heterocycles. The molecule has 1 saturated heterocycles. The minimum Gasteiger partial charge on any atom is -0.381 e. The van der Waals surface area contributed by atoms with Gasteiger partial charge in [0.25, 0.3) is 0 Å². The molecule has 17 heavy (non-hydrogen) atoms. The number of nitrogens with one attached hydrogen (secondary N) is 2. The summed E-state index contributed by atoms with van der Waals surface area (Å²) in [5, 5.41) is 5.32. The largest absolute Gasteiger partial charge is 0.381 e. The molecule has 1 fully saturated rings. The zero-order valence-electron chi connectivity index (χ0n) is 8.90. The summed E-state index contributed by atoms with van der Waals surface area (Å²) < 4.78 is 38.8. The van der Waals surface area contributed by atoms with Crippen LogP contribution in [0.4, 0.5) is 18.9 Å². The third-order valence-electron chi connectivity index (χ3n) is 2.66. The molecule has 2 rings (SSSR count). The molecule has 0 aliphatic carbocycles. The molecule has 1 heterocycles. The molecular formula is C11H11F3N2O. The fraction of sp³-hybridized carbons (Fsp3) is 0.364. The molecule has 1 aromatic rings. The van der Waals surface area contributed by atoms with E-state index in [0.29, 0.717) is 12.8 Å². The second-order valence-corrected chi connectivity index (χ2v) is 3.91. The van der Waals surface area contributed by atoms with Crippen LogP contribution in [0.1, 0.15) is 12.8 Å². The molecule has 1 aliphatic rings. The highest BCUT2D eigenvalue weighted by atomic mass is 19.2. The summed E-state index contributed by atoms with van der Waals surface area (Å²) in [5.74, 6) is -4.01. The highest BCUT2D eigenvalue weighted by Crippen LogP contribution is 2.20. The van der Waals surface area contributed by atoms with E-state index in [1.54, 1.807) is 0 Å². The Morgan fingerprint density at radius 3 is 2.71 bits per heavy atom. The van der Waals surface area contributed by atoms with Crippen molar-refractivity contribution in [2.24, 2.45) is 0 Å². The predicted molar refractivity (Wildman–Crippen MR) is 56.0 cm³/mol. The summed E-state index contributed by atoms with van der Waals surface area (Å²) in [7, 11) is 0. The number of carbonyl (C=O) groups excluding carboxylic acids is 1. The minimum atomic E-state index is -1.49. The molecule has 92 valence electrons. The fourth-order valence-corrected chi connectivity index (χ4v) is 1.73. The van der Waals surface area contributed by atoms with Gasteiger partial charge in [0.05, 0.1) is 5.69 Å². The van der Waals surface area contributed by atoms with Crippen molar-refractivity contribution in [1.29, 1.82) is 0 Å². The number of anilines is 1. The average molecular weight is 244 g/mol. The molecular weight excluding hydrogens is 233 g/mol. The van der Waals surface area contributed by atoms with Gasteiger partial charge < -0.3 is 10.6 Å². The number of halogens is 3. The Morgan fingerprint density at radius 1 is 1.29 bits per heavy atom. The summed E-state index contributed by atoms with van der Waals surface area (Å²) in [5.41, 5.74) is -0.106. The van der Waals surface area contributed by atoms with E-state index >= 15 is 0 Å². The quantitative estimate of drug-likeness (QED) is 0.796. The number of amides is 1. The SMILES string of the molecule is O=C1CCC(CNc2ccc(F)c(F)c2F)N1. The standard InChI is InChI=1S/C11H11F3N2O/c12-7-2-3-8(11(14)10(7)13)15-5-6-1-4-9(17)16-6/h2-3,6,15H,1,4-5H2,(H,16,17). The molecule has 1 atom stereocenters. The zero-order valence-corrected chi connectivity index (χ0v) is 8.90. The Hall–Kier alpha value is -1.72. The second kappa shape index (κ2) is 4.65. The molecule has 1 unspecified atom stereocenters. The lowest BCUT2D eigenvalue weighted by atomic mass is 10.2. The maximum Gasteiger partial charge on any atom is 0.220 e. The van der Waals surface area contributed by atoms with Crippen molar-refractivity contribution in [2.45, 2.75) is 18.9 Å². The molecule has 0 spiro atoms. The van der Waals surface area contributed by atoms with Crippen molar-refractivity contribution < 1.29 is 18.0 Å². The third-order valence-corrected chi connectivity index (χ3v) is 2.66. The Morgan fingerprint density at radius 2 is 2.06 bits per heavy atom. The van der Waals surface area contributed by atoms with Gasteiger partial charge in [-0.15, -0.1) is 0 Å². The van der Waals surface area contributed by atoms with E-state index in [1.165, 1.54) is 0 Å². The summed E-state index contributed by atoms with van der Waals surface area (Å²) in [6, 6.07) is 1.88. The van der Waals surface area contributed by atoms with E-state index in [1.807, 2.05) is 0 Å². The van der Waals surface area contributed by atoms with E-state index < -0.39 is 17.5 Å².